The first-order valence-corrected chi connectivity index (χ1v) is 7.49. The molecule has 1 saturated carbocycles. The molecule has 1 aliphatic rings. The number of benzene rings is 1. The first kappa shape index (κ1) is 14.9. The lowest BCUT2D eigenvalue weighted by Crippen LogP contribution is -2.42. The molecule has 3 N–H and O–H groups in total. The topological polar surface area (TPSA) is 61.4 Å². The van der Waals surface area contributed by atoms with Gasteiger partial charge in [-0.05, 0) is 24.8 Å². The lowest BCUT2D eigenvalue weighted by Gasteiger charge is -2.19. The van der Waals surface area contributed by atoms with E-state index in [9.17, 15) is 4.79 Å². The molecule has 2 rings (SSSR count). The summed E-state index contributed by atoms with van der Waals surface area (Å²) in [5.74, 6) is 0.163. The van der Waals surface area contributed by atoms with E-state index < -0.39 is 0 Å². The van der Waals surface area contributed by atoms with Gasteiger partial charge in [-0.1, -0.05) is 43.2 Å². The van der Waals surface area contributed by atoms with Crippen LogP contribution in [-0.2, 0) is 0 Å². The van der Waals surface area contributed by atoms with Crippen LogP contribution in [0.4, 0.5) is 4.79 Å². The molecule has 0 bridgehead atoms. The van der Waals surface area contributed by atoms with Crippen LogP contribution in [0.3, 0.4) is 0 Å². The van der Waals surface area contributed by atoms with Gasteiger partial charge in [0.1, 0.15) is 0 Å². The number of urea groups is 1. The van der Waals surface area contributed by atoms with Crippen LogP contribution in [0.1, 0.15) is 43.6 Å². The minimum atomic E-state index is -0.0872. The zero-order chi connectivity index (χ0) is 14.2. The van der Waals surface area contributed by atoms with Gasteiger partial charge >= 0.3 is 6.03 Å². The van der Waals surface area contributed by atoms with Crippen LogP contribution >= 0.6 is 0 Å². The molecule has 2 amide bonds. The van der Waals surface area contributed by atoms with Gasteiger partial charge in [0.2, 0.25) is 0 Å². The van der Waals surface area contributed by atoms with Crippen LogP contribution in [0.5, 0.6) is 0 Å². The largest absolute Gasteiger partial charge is 0.396 e. The Labute approximate surface area is 120 Å². The van der Waals surface area contributed by atoms with Gasteiger partial charge in [0.25, 0.3) is 0 Å². The maximum atomic E-state index is 11.9. The van der Waals surface area contributed by atoms with Crippen molar-refractivity contribution in [3.63, 3.8) is 0 Å². The Morgan fingerprint density at radius 3 is 2.60 bits per heavy atom. The van der Waals surface area contributed by atoms with E-state index >= 15 is 0 Å². The van der Waals surface area contributed by atoms with Crippen molar-refractivity contribution >= 4 is 6.03 Å². The fourth-order valence-corrected chi connectivity index (χ4v) is 2.79. The second-order valence-electron chi connectivity index (χ2n) is 5.46. The number of hydrogen-bond acceptors (Lipinski definition) is 2. The predicted molar refractivity (Wildman–Crippen MR) is 79.7 cm³/mol. The second-order valence-corrected chi connectivity index (χ2v) is 5.46. The zero-order valence-corrected chi connectivity index (χ0v) is 11.8. The van der Waals surface area contributed by atoms with Gasteiger partial charge < -0.3 is 15.7 Å². The fourth-order valence-electron chi connectivity index (χ4n) is 2.79. The van der Waals surface area contributed by atoms with Crippen molar-refractivity contribution in [2.24, 2.45) is 0 Å². The Hall–Kier alpha value is -1.55. The fraction of sp³-hybridized carbons (Fsp3) is 0.562. The van der Waals surface area contributed by atoms with Crippen LogP contribution in [0, 0.1) is 0 Å². The summed E-state index contributed by atoms with van der Waals surface area (Å²) in [7, 11) is 0. The van der Waals surface area contributed by atoms with Gasteiger partial charge in [-0.2, -0.15) is 0 Å². The molecule has 4 nitrogen and oxygen atoms in total. The molecule has 0 saturated heterocycles. The lowest BCUT2D eigenvalue weighted by molar-refractivity contribution is 0.234. The zero-order valence-electron chi connectivity index (χ0n) is 11.8. The summed E-state index contributed by atoms with van der Waals surface area (Å²) >= 11 is 0. The molecule has 1 unspecified atom stereocenters. The summed E-state index contributed by atoms with van der Waals surface area (Å²) in [6.45, 7) is 0.689. The Morgan fingerprint density at radius 2 is 1.95 bits per heavy atom. The summed E-state index contributed by atoms with van der Waals surface area (Å²) in [6, 6.07) is 10.3. The van der Waals surface area contributed by atoms with E-state index in [4.69, 9.17) is 5.11 Å². The van der Waals surface area contributed by atoms with Gasteiger partial charge in [0.05, 0.1) is 0 Å². The molecule has 110 valence electrons. The van der Waals surface area contributed by atoms with Crippen LogP contribution < -0.4 is 10.6 Å². The maximum absolute atomic E-state index is 11.9. The number of nitrogens with one attached hydrogen (secondary N) is 2. The second kappa shape index (κ2) is 7.90. The number of hydrogen-bond donors (Lipinski definition) is 3. The molecule has 0 aromatic heterocycles. The van der Waals surface area contributed by atoms with E-state index in [1.54, 1.807) is 0 Å². The van der Waals surface area contributed by atoms with Crippen molar-refractivity contribution in [1.29, 1.82) is 0 Å². The Bertz CT molecular complexity index is 402. The molecule has 1 aromatic rings. The number of aliphatic hydroxyl groups is 1. The molecule has 4 heteroatoms. The number of carbonyl (C=O) groups excluding carboxylic acids is 1. The molecular formula is C16H24N2O2. The highest BCUT2D eigenvalue weighted by molar-refractivity contribution is 5.74. The van der Waals surface area contributed by atoms with E-state index in [1.165, 1.54) is 12.8 Å². The third kappa shape index (κ3) is 4.53. The van der Waals surface area contributed by atoms with Crippen molar-refractivity contribution in [3.8, 4) is 0 Å². The van der Waals surface area contributed by atoms with Gasteiger partial charge in [0.15, 0.2) is 0 Å². The number of carbonyl (C=O) groups is 1. The van der Waals surface area contributed by atoms with E-state index in [1.807, 2.05) is 30.3 Å². The van der Waals surface area contributed by atoms with Gasteiger partial charge in [-0.25, -0.2) is 4.79 Å². The molecule has 1 fully saturated rings. The maximum Gasteiger partial charge on any atom is 0.315 e. The predicted octanol–water partition coefficient (Wildman–Crippen LogP) is 2.39. The Morgan fingerprint density at radius 1 is 1.25 bits per heavy atom. The molecule has 1 aromatic carbocycles. The number of rotatable bonds is 6. The van der Waals surface area contributed by atoms with Crippen LogP contribution in [0.25, 0.3) is 0 Å². The SMILES string of the molecule is O=C(NCC(CCO)c1ccccc1)NC1CCCC1. The Kier molecular flexibility index (Phi) is 5.87. The summed E-state index contributed by atoms with van der Waals surface area (Å²) in [4.78, 5) is 11.9. The molecule has 0 aliphatic heterocycles. The number of aliphatic hydroxyl groups excluding tert-OH is 1. The van der Waals surface area contributed by atoms with Crippen molar-refractivity contribution in [1.82, 2.24) is 10.6 Å². The average molecular weight is 276 g/mol. The van der Waals surface area contributed by atoms with Crippen molar-refractivity contribution in [3.05, 3.63) is 35.9 Å². The van der Waals surface area contributed by atoms with Gasteiger partial charge in [-0.15, -0.1) is 0 Å². The quantitative estimate of drug-likeness (QED) is 0.747. The highest BCUT2D eigenvalue weighted by atomic mass is 16.3. The standard InChI is InChI=1S/C16H24N2O2/c19-11-10-14(13-6-2-1-3-7-13)12-17-16(20)18-15-8-4-5-9-15/h1-3,6-7,14-15,19H,4-5,8-12H2,(H2,17,18,20). The highest BCUT2D eigenvalue weighted by Gasteiger charge is 2.18. The molecule has 20 heavy (non-hydrogen) atoms. The first-order chi connectivity index (χ1) is 9.79. The number of amides is 2. The molecular weight excluding hydrogens is 252 g/mol. The molecule has 1 atom stereocenters. The molecule has 0 radical (unpaired) electrons. The van der Waals surface area contributed by atoms with E-state index in [2.05, 4.69) is 10.6 Å². The molecule has 0 heterocycles. The molecule has 1 aliphatic carbocycles. The van der Waals surface area contributed by atoms with E-state index in [0.717, 1.165) is 18.4 Å². The van der Waals surface area contributed by atoms with Crippen molar-refractivity contribution in [2.75, 3.05) is 13.2 Å². The average Bonchev–Trinajstić information content (AvgIpc) is 2.97. The normalized spacial score (nSPS) is 16.9. The van der Waals surface area contributed by atoms with Crippen LogP contribution in [0.2, 0.25) is 0 Å². The van der Waals surface area contributed by atoms with Crippen LogP contribution in [-0.4, -0.2) is 30.3 Å². The van der Waals surface area contributed by atoms with Gasteiger partial charge in [-0.3, -0.25) is 0 Å². The summed E-state index contributed by atoms with van der Waals surface area (Å²) in [6.07, 6.45) is 5.26. The van der Waals surface area contributed by atoms with Crippen LogP contribution in [0.15, 0.2) is 30.3 Å². The smallest absolute Gasteiger partial charge is 0.315 e. The summed E-state index contributed by atoms with van der Waals surface area (Å²) in [5.41, 5.74) is 1.16. The summed E-state index contributed by atoms with van der Waals surface area (Å²) in [5, 5.41) is 15.1. The third-order valence-electron chi connectivity index (χ3n) is 3.95. The van der Waals surface area contributed by atoms with E-state index in [0.29, 0.717) is 19.0 Å². The van der Waals surface area contributed by atoms with Crippen molar-refractivity contribution < 1.29 is 9.90 Å². The van der Waals surface area contributed by atoms with E-state index in [-0.39, 0.29) is 18.6 Å². The van der Waals surface area contributed by atoms with Crippen molar-refractivity contribution in [2.45, 2.75) is 44.1 Å². The van der Waals surface area contributed by atoms with Gasteiger partial charge in [0, 0.05) is 25.1 Å². The highest BCUT2D eigenvalue weighted by Crippen LogP contribution is 2.19. The monoisotopic (exact) mass is 276 g/mol. The Balaban J connectivity index is 1.81. The first-order valence-electron chi connectivity index (χ1n) is 7.49. The lowest BCUT2D eigenvalue weighted by atomic mass is 9.96. The minimum Gasteiger partial charge on any atom is -0.396 e. The summed E-state index contributed by atoms with van der Waals surface area (Å²) < 4.78 is 0. The minimum absolute atomic E-state index is 0.0872. The third-order valence-corrected chi connectivity index (χ3v) is 3.95. The molecule has 0 spiro atoms.